The van der Waals surface area contributed by atoms with Crippen molar-refractivity contribution in [1.29, 1.82) is 0 Å². The van der Waals surface area contributed by atoms with Gasteiger partial charge in [-0.3, -0.25) is 9.59 Å². The average molecular weight is 334 g/mol. The van der Waals surface area contributed by atoms with Gasteiger partial charge in [-0.15, -0.1) is 0 Å². The Morgan fingerprint density at radius 2 is 2.00 bits per heavy atom. The standard InChI is InChI=1S/C18H26N2O4/c1-20(2)18(22)16-9-8-15(24-16)12-19-17(21)10-11-23-13-14-6-4-3-5-7-14/h3-7,15-16H,8-13H2,1-2H3,(H,19,21)/t15-,16+/m0/s1. The number of carbonyl (C=O) groups excluding carboxylic acids is 2. The van der Waals surface area contributed by atoms with Crippen molar-refractivity contribution in [3.63, 3.8) is 0 Å². The molecule has 1 aliphatic heterocycles. The van der Waals surface area contributed by atoms with Gasteiger partial charge in [0.05, 0.1) is 19.3 Å². The van der Waals surface area contributed by atoms with Crippen molar-refractivity contribution in [2.45, 2.75) is 38.1 Å². The van der Waals surface area contributed by atoms with Gasteiger partial charge in [-0.05, 0) is 18.4 Å². The van der Waals surface area contributed by atoms with Crippen molar-refractivity contribution in [1.82, 2.24) is 10.2 Å². The molecule has 24 heavy (non-hydrogen) atoms. The molecule has 0 saturated carbocycles. The molecule has 0 spiro atoms. The summed E-state index contributed by atoms with van der Waals surface area (Å²) in [4.78, 5) is 25.2. The van der Waals surface area contributed by atoms with E-state index in [-0.39, 0.29) is 24.0 Å². The Morgan fingerprint density at radius 1 is 1.25 bits per heavy atom. The summed E-state index contributed by atoms with van der Waals surface area (Å²) in [6.45, 7) is 1.33. The maximum atomic E-state index is 11.8. The fraction of sp³-hybridized carbons (Fsp3) is 0.556. The van der Waals surface area contributed by atoms with Crippen LogP contribution >= 0.6 is 0 Å². The van der Waals surface area contributed by atoms with E-state index in [1.165, 1.54) is 4.90 Å². The smallest absolute Gasteiger partial charge is 0.251 e. The van der Waals surface area contributed by atoms with E-state index in [1.807, 2.05) is 30.3 Å². The summed E-state index contributed by atoms with van der Waals surface area (Å²) in [5.41, 5.74) is 1.09. The van der Waals surface area contributed by atoms with Crippen LogP contribution in [0.3, 0.4) is 0 Å². The summed E-state index contributed by atoms with van der Waals surface area (Å²) in [6.07, 6.45) is 1.34. The Morgan fingerprint density at radius 3 is 2.71 bits per heavy atom. The second-order valence-corrected chi connectivity index (χ2v) is 6.15. The summed E-state index contributed by atoms with van der Waals surface area (Å²) in [7, 11) is 3.44. The topological polar surface area (TPSA) is 67.9 Å². The number of hydrogen-bond donors (Lipinski definition) is 1. The van der Waals surface area contributed by atoms with Gasteiger partial charge < -0.3 is 19.7 Å². The number of amides is 2. The predicted octanol–water partition coefficient (Wildman–Crippen LogP) is 1.35. The summed E-state index contributed by atoms with van der Waals surface area (Å²) in [6, 6.07) is 9.85. The predicted molar refractivity (Wildman–Crippen MR) is 90.3 cm³/mol. The number of nitrogens with one attached hydrogen (secondary N) is 1. The van der Waals surface area contributed by atoms with E-state index >= 15 is 0 Å². The zero-order valence-electron chi connectivity index (χ0n) is 14.4. The third-order valence-corrected chi connectivity index (χ3v) is 3.94. The van der Waals surface area contributed by atoms with Crippen LogP contribution in [0.25, 0.3) is 0 Å². The monoisotopic (exact) mass is 334 g/mol. The highest BCUT2D eigenvalue weighted by atomic mass is 16.5. The number of rotatable bonds is 8. The normalized spacial score (nSPS) is 19.9. The van der Waals surface area contributed by atoms with Crippen molar-refractivity contribution >= 4 is 11.8 Å². The SMILES string of the molecule is CN(C)C(=O)[C@H]1CC[C@@H](CNC(=O)CCOCc2ccccc2)O1. The van der Waals surface area contributed by atoms with Crippen LogP contribution in [0, 0.1) is 0 Å². The molecule has 2 rings (SSSR count). The van der Waals surface area contributed by atoms with Crippen molar-refractivity contribution < 1.29 is 19.1 Å². The Balaban J connectivity index is 1.56. The van der Waals surface area contributed by atoms with Crippen LogP contribution in [0.5, 0.6) is 0 Å². The molecular weight excluding hydrogens is 308 g/mol. The molecule has 6 heteroatoms. The van der Waals surface area contributed by atoms with E-state index in [4.69, 9.17) is 9.47 Å². The van der Waals surface area contributed by atoms with Crippen LogP contribution in [0.2, 0.25) is 0 Å². The highest BCUT2D eigenvalue weighted by Crippen LogP contribution is 2.20. The highest BCUT2D eigenvalue weighted by Gasteiger charge is 2.31. The van der Waals surface area contributed by atoms with Gasteiger partial charge in [-0.25, -0.2) is 0 Å². The van der Waals surface area contributed by atoms with Crippen molar-refractivity contribution in [3.05, 3.63) is 35.9 Å². The molecule has 0 aromatic heterocycles. The molecule has 0 bridgehead atoms. The lowest BCUT2D eigenvalue weighted by atomic mass is 10.2. The van der Waals surface area contributed by atoms with E-state index in [1.54, 1.807) is 14.1 Å². The Hall–Kier alpha value is -1.92. The summed E-state index contributed by atoms with van der Waals surface area (Å²) >= 11 is 0. The van der Waals surface area contributed by atoms with Crippen LogP contribution in [-0.4, -0.2) is 56.2 Å². The van der Waals surface area contributed by atoms with Crippen molar-refractivity contribution in [2.24, 2.45) is 0 Å². The second kappa shape index (κ2) is 9.39. The van der Waals surface area contributed by atoms with Crippen LogP contribution in [0.4, 0.5) is 0 Å². The van der Waals surface area contributed by atoms with Gasteiger partial charge in [0.2, 0.25) is 5.91 Å². The molecule has 0 unspecified atom stereocenters. The number of nitrogens with zero attached hydrogens (tertiary/aromatic N) is 1. The molecule has 132 valence electrons. The highest BCUT2D eigenvalue weighted by molar-refractivity contribution is 5.80. The molecule has 2 atom stereocenters. The quantitative estimate of drug-likeness (QED) is 0.729. The maximum Gasteiger partial charge on any atom is 0.251 e. The molecule has 6 nitrogen and oxygen atoms in total. The fourth-order valence-electron chi connectivity index (χ4n) is 2.57. The minimum Gasteiger partial charge on any atom is -0.376 e. The second-order valence-electron chi connectivity index (χ2n) is 6.15. The fourth-order valence-corrected chi connectivity index (χ4v) is 2.57. The van der Waals surface area contributed by atoms with Crippen LogP contribution in [0.1, 0.15) is 24.8 Å². The van der Waals surface area contributed by atoms with Gasteiger partial charge >= 0.3 is 0 Å². The van der Waals surface area contributed by atoms with Crippen LogP contribution < -0.4 is 5.32 Å². The Kier molecular flexibility index (Phi) is 7.21. The van der Waals surface area contributed by atoms with Gasteiger partial charge in [0.25, 0.3) is 5.91 Å². The maximum absolute atomic E-state index is 11.8. The molecular formula is C18H26N2O4. The van der Waals surface area contributed by atoms with E-state index < -0.39 is 0 Å². The first kappa shape index (κ1) is 18.4. The molecule has 1 aliphatic rings. The van der Waals surface area contributed by atoms with Crippen molar-refractivity contribution in [2.75, 3.05) is 27.2 Å². The van der Waals surface area contributed by atoms with Gasteiger partial charge in [0.15, 0.2) is 0 Å². The molecule has 1 fully saturated rings. The molecule has 1 heterocycles. The van der Waals surface area contributed by atoms with E-state index in [0.717, 1.165) is 12.0 Å². The molecule has 1 aromatic carbocycles. The molecule has 0 radical (unpaired) electrons. The number of ether oxygens (including phenoxy) is 2. The van der Waals surface area contributed by atoms with E-state index in [2.05, 4.69) is 5.32 Å². The van der Waals surface area contributed by atoms with Gasteiger partial charge in [0.1, 0.15) is 6.10 Å². The van der Waals surface area contributed by atoms with Crippen molar-refractivity contribution in [3.8, 4) is 0 Å². The van der Waals surface area contributed by atoms with Gasteiger partial charge in [-0.2, -0.15) is 0 Å². The molecule has 2 amide bonds. The molecule has 1 N–H and O–H groups in total. The molecule has 1 saturated heterocycles. The number of hydrogen-bond acceptors (Lipinski definition) is 4. The zero-order valence-corrected chi connectivity index (χ0v) is 14.4. The summed E-state index contributed by atoms with van der Waals surface area (Å²) < 4.78 is 11.2. The lowest BCUT2D eigenvalue weighted by Crippen LogP contribution is -2.36. The first-order chi connectivity index (χ1) is 11.6. The first-order valence-corrected chi connectivity index (χ1v) is 8.31. The Bertz CT molecular complexity index is 533. The van der Waals surface area contributed by atoms with Gasteiger partial charge in [0, 0.05) is 27.1 Å². The number of benzene rings is 1. The lowest BCUT2D eigenvalue weighted by Gasteiger charge is -2.17. The minimum atomic E-state index is -0.379. The van der Waals surface area contributed by atoms with E-state index in [9.17, 15) is 9.59 Å². The Labute approximate surface area is 143 Å². The largest absolute Gasteiger partial charge is 0.376 e. The third-order valence-electron chi connectivity index (χ3n) is 3.94. The molecule has 0 aliphatic carbocycles. The van der Waals surface area contributed by atoms with Crippen LogP contribution in [0.15, 0.2) is 30.3 Å². The average Bonchev–Trinajstić information content (AvgIpc) is 3.06. The summed E-state index contributed by atoms with van der Waals surface area (Å²) in [5.74, 6) is -0.0767. The van der Waals surface area contributed by atoms with E-state index in [0.29, 0.717) is 32.6 Å². The lowest BCUT2D eigenvalue weighted by molar-refractivity contribution is -0.140. The number of likely N-dealkylation sites (N-methyl/N-ethyl adjacent to an activating group) is 1. The van der Waals surface area contributed by atoms with Crippen LogP contribution in [-0.2, 0) is 25.7 Å². The number of carbonyl (C=O) groups is 2. The zero-order chi connectivity index (χ0) is 17.4. The summed E-state index contributed by atoms with van der Waals surface area (Å²) in [5, 5.41) is 2.84. The first-order valence-electron chi connectivity index (χ1n) is 8.31. The molecule has 1 aromatic rings. The third kappa shape index (κ3) is 5.94. The minimum absolute atomic E-state index is 0.0156. The van der Waals surface area contributed by atoms with Gasteiger partial charge in [-0.1, -0.05) is 30.3 Å².